The Kier molecular flexibility index (Phi) is 6.43. The highest BCUT2D eigenvalue weighted by molar-refractivity contribution is 6.36. The van der Waals surface area contributed by atoms with Crippen molar-refractivity contribution in [2.75, 3.05) is 13.7 Å². The summed E-state index contributed by atoms with van der Waals surface area (Å²) in [6.07, 6.45) is 1.90. The van der Waals surface area contributed by atoms with Crippen LogP contribution in [-0.4, -0.2) is 30.6 Å². The van der Waals surface area contributed by atoms with Crippen LogP contribution in [0.2, 0.25) is 0 Å². The minimum atomic E-state index is -0.556. The molecule has 1 aromatic rings. The third kappa shape index (κ3) is 4.99. The monoisotopic (exact) mass is 265 g/mol. The van der Waals surface area contributed by atoms with Gasteiger partial charge in [0.2, 0.25) is 0 Å². The van der Waals surface area contributed by atoms with Crippen molar-refractivity contribution in [3.8, 4) is 5.75 Å². The Morgan fingerprint density at radius 1 is 1.32 bits per heavy atom. The molecule has 0 radical (unpaired) electrons. The molecule has 0 heterocycles. The number of aryl methyl sites for hydroxylation is 1. The lowest BCUT2D eigenvalue weighted by Gasteiger charge is -2.05. The molecule has 0 aliphatic heterocycles. The van der Waals surface area contributed by atoms with E-state index < -0.39 is 5.97 Å². The number of ether oxygens (including phenoxy) is 2. The Morgan fingerprint density at radius 3 is 2.53 bits per heavy atom. The number of hydrogen-bond acceptors (Lipinski definition) is 5. The molecule has 1 N–H and O–H groups in total. The average molecular weight is 265 g/mol. The molecule has 5 heteroatoms. The fourth-order valence-corrected chi connectivity index (χ4v) is 1.66. The molecule has 0 amide bonds. The Bertz CT molecular complexity index is 426. The fourth-order valence-electron chi connectivity index (χ4n) is 1.66. The van der Waals surface area contributed by atoms with E-state index in [9.17, 15) is 4.79 Å². The van der Waals surface area contributed by atoms with Gasteiger partial charge < -0.3 is 14.7 Å². The number of esters is 1. The molecule has 0 aliphatic carbocycles. The lowest BCUT2D eigenvalue weighted by atomic mass is 10.1. The molecule has 0 bridgehead atoms. The fraction of sp³-hybridized carbons (Fsp3) is 0.429. The maximum atomic E-state index is 11.4. The van der Waals surface area contributed by atoms with Gasteiger partial charge in [0.25, 0.3) is 0 Å². The van der Waals surface area contributed by atoms with E-state index in [1.807, 2.05) is 24.3 Å². The molecule has 5 nitrogen and oxygen atoms in total. The van der Waals surface area contributed by atoms with Gasteiger partial charge in [0.1, 0.15) is 5.75 Å². The summed E-state index contributed by atoms with van der Waals surface area (Å²) in [6.45, 7) is 1.99. The van der Waals surface area contributed by atoms with Gasteiger partial charge in [-0.25, -0.2) is 4.79 Å². The summed E-state index contributed by atoms with van der Waals surface area (Å²) in [4.78, 5) is 11.4. The van der Waals surface area contributed by atoms with E-state index in [1.165, 1.54) is 0 Å². The quantitative estimate of drug-likeness (QED) is 0.356. The molecule has 19 heavy (non-hydrogen) atoms. The Balaban J connectivity index is 2.41. The van der Waals surface area contributed by atoms with Gasteiger partial charge in [-0.15, -0.1) is 0 Å². The van der Waals surface area contributed by atoms with Crippen LogP contribution in [0.4, 0.5) is 0 Å². The van der Waals surface area contributed by atoms with Gasteiger partial charge in [-0.2, -0.15) is 0 Å². The molecule has 1 aromatic carbocycles. The summed E-state index contributed by atoms with van der Waals surface area (Å²) < 4.78 is 9.86. The van der Waals surface area contributed by atoms with Crippen LogP contribution in [0.1, 0.15) is 25.3 Å². The highest BCUT2D eigenvalue weighted by Gasteiger charge is 2.12. The molecule has 0 aliphatic rings. The lowest BCUT2D eigenvalue weighted by Crippen LogP contribution is -2.17. The molecule has 1 rings (SSSR count). The first-order valence-electron chi connectivity index (χ1n) is 6.22. The van der Waals surface area contributed by atoms with Crippen LogP contribution in [0.3, 0.4) is 0 Å². The first-order valence-corrected chi connectivity index (χ1v) is 6.22. The van der Waals surface area contributed by atoms with Gasteiger partial charge in [-0.05, 0) is 37.5 Å². The molecule has 0 aromatic heterocycles. The van der Waals surface area contributed by atoms with Gasteiger partial charge in [0.15, 0.2) is 5.71 Å². The summed E-state index contributed by atoms with van der Waals surface area (Å²) in [5.41, 5.74) is 1.21. The third-order valence-electron chi connectivity index (χ3n) is 2.67. The van der Waals surface area contributed by atoms with Gasteiger partial charge in [0.05, 0.1) is 13.7 Å². The predicted molar refractivity (Wildman–Crippen MR) is 71.8 cm³/mol. The van der Waals surface area contributed by atoms with E-state index in [0.29, 0.717) is 12.8 Å². The second-order valence-electron chi connectivity index (χ2n) is 3.97. The minimum absolute atomic E-state index is 0.0651. The second kappa shape index (κ2) is 8.13. The van der Waals surface area contributed by atoms with Crippen LogP contribution in [0.25, 0.3) is 0 Å². The number of hydrogen-bond donors (Lipinski definition) is 1. The Hall–Kier alpha value is -2.04. The van der Waals surface area contributed by atoms with Crippen molar-refractivity contribution in [1.29, 1.82) is 0 Å². The molecule has 104 valence electrons. The SMILES string of the molecule is CCOC(=O)C(CCCc1ccc(OC)cc1)=NO. The average Bonchev–Trinajstić information content (AvgIpc) is 2.44. The van der Waals surface area contributed by atoms with E-state index in [0.717, 1.165) is 17.7 Å². The molecule has 0 saturated carbocycles. The van der Waals surface area contributed by atoms with Gasteiger partial charge in [0, 0.05) is 6.42 Å². The first kappa shape index (κ1) is 15.0. The standard InChI is InChI=1S/C14H19NO4/c1-3-19-14(16)13(15-17)6-4-5-11-7-9-12(18-2)10-8-11/h7-10,17H,3-6H2,1-2H3. The predicted octanol–water partition coefficient (Wildman–Crippen LogP) is 2.41. The second-order valence-corrected chi connectivity index (χ2v) is 3.97. The number of carbonyl (C=O) groups is 1. The van der Waals surface area contributed by atoms with Crippen LogP contribution < -0.4 is 4.74 Å². The van der Waals surface area contributed by atoms with Crippen molar-refractivity contribution in [3.63, 3.8) is 0 Å². The van der Waals surface area contributed by atoms with E-state index in [4.69, 9.17) is 14.7 Å². The summed E-state index contributed by atoms with van der Waals surface area (Å²) in [6, 6.07) is 7.72. The minimum Gasteiger partial charge on any atom is -0.497 e. The molecular formula is C14H19NO4. The Labute approximate surface area is 112 Å². The van der Waals surface area contributed by atoms with Gasteiger partial charge in [-0.3, -0.25) is 0 Å². The molecular weight excluding hydrogens is 246 g/mol. The molecule has 0 fully saturated rings. The topological polar surface area (TPSA) is 68.1 Å². The molecule has 0 unspecified atom stereocenters. The summed E-state index contributed by atoms with van der Waals surface area (Å²) in [5, 5.41) is 11.7. The normalized spacial score (nSPS) is 11.2. The maximum Gasteiger partial charge on any atom is 0.356 e. The molecule has 0 atom stereocenters. The van der Waals surface area contributed by atoms with E-state index >= 15 is 0 Å². The zero-order chi connectivity index (χ0) is 14.1. The number of methoxy groups -OCH3 is 1. The van der Waals surface area contributed by atoms with E-state index in [1.54, 1.807) is 14.0 Å². The van der Waals surface area contributed by atoms with Crippen LogP contribution in [-0.2, 0) is 16.0 Å². The van der Waals surface area contributed by atoms with Crippen LogP contribution in [0, 0.1) is 0 Å². The summed E-state index contributed by atoms with van der Waals surface area (Å²) in [7, 11) is 1.62. The maximum absolute atomic E-state index is 11.4. The number of carbonyl (C=O) groups excluding carboxylic acids is 1. The number of nitrogens with zero attached hydrogens (tertiary/aromatic N) is 1. The largest absolute Gasteiger partial charge is 0.497 e. The van der Waals surface area contributed by atoms with Crippen molar-refractivity contribution in [2.24, 2.45) is 5.16 Å². The summed E-state index contributed by atoms with van der Waals surface area (Å²) >= 11 is 0. The van der Waals surface area contributed by atoms with Crippen molar-refractivity contribution in [2.45, 2.75) is 26.2 Å². The zero-order valence-corrected chi connectivity index (χ0v) is 11.3. The molecule has 0 spiro atoms. The van der Waals surface area contributed by atoms with Crippen molar-refractivity contribution < 1.29 is 19.5 Å². The smallest absolute Gasteiger partial charge is 0.356 e. The third-order valence-corrected chi connectivity index (χ3v) is 2.67. The number of oxime groups is 1. The van der Waals surface area contributed by atoms with Crippen molar-refractivity contribution >= 4 is 11.7 Å². The van der Waals surface area contributed by atoms with Crippen LogP contribution >= 0.6 is 0 Å². The van der Waals surface area contributed by atoms with Gasteiger partial charge in [-0.1, -0.05) is 17.3 Å². The lowest BCUT2D eigenvalue weighted by molar-refractivity contribution is -0.135. The Morgan fingerprint density at radius 2 is 2.00 bits per heavy atom. The number of rotatable bonds is 7. The zero-order valence-electron chi connectivity index (χ0n) is 11.3. The van der Waals surface area contributed by atoms with Crippen LogP contribution in [0.5, 0.6) is 5.75 Å². The molecule has 0 saturated heterocycles. The van der Waals surface area contributed by atoms with Crippen LogP contribution in [0.15, 0.2) is 29.4 Å². The van der Waals surface area contributed by atoms with E-state index in [-0.39, 0.29) is 12.3 Å². The first-order chi connectivity index (χ1) is 9.21. The summed E-state index contributed by atoms with van der Waals surface area (Å²) in [5.74, 6) is 0.257. The highest BCUT2D eigenvalue weighted by Crippen LogP contribution is 2.13. The van der Waals surface area contributed by atoms with Gasteiger partial charge >= 0.3 is 5.97 Å². The van der Waals surface area contributed by atoms with Crippen molar-refractivity contribution in [3.05, 3.63) is 29.8 Å². The number of benzene rings is 1. The highest BCUT2D eigenvalue weighted by atomic mass is 16.5. The van der Waals surface area contributed by atoms with E-state index in [2.05, 4.69) is 5.16 Å². The van der Waals surface area contributed by atoms with Crippen molar-refractivity contribution in [1.82, 2.24) is 0 Å².